The summed E-state index contributed by atoms with van der Waals surface area (Å²) in [5.41, 5.74) is 4.71. The minimum atomic E-state index is 0.723. The molecule has 1 aromatic heterocycles. The normalized spacial score (nSPS) is 10.7. The van der Waals surface area contributed by atoms with E-state index < -0.39 is 0 Å². The monoisotopic (exact) mass is 259 g/mol. The third kappa shape index (κ3) is 3.35. The highest BCUT2D eigenvalue weighted by molar-refractivity contribution is 5.53. The summed E-state index contributed by atoms with van der Waals surface area (Å²) in [6, 6.07) is 8.47. The predicted octanol–water partition coefficient (Wildman–Crippen LogP) is 2.65. The lowest BCUT2D eigenvalue weighted by atomic mass is 10.1. The number of rotatable bonds is 5. The number of benzene rings is 1. The zero-order chi connectivity index (χ0) is 13.8. The molecule has 1 heterocycles. The summed E-state index contributed by atoms with van der Waals surface area (Å²) in [6.07, 6.45) is 0. The number of aryl methyl sites for hydroxylation is 2. The van der Waals surface area contributed by atoms with Crippen molar-refractivity contribution in [2.24, 2.45) is 0 Å². The molecule has 2 rings (SSSR count). The minimum absolute atomic E-state index is 0.723. The highest BCUT2D eigenvalue weighted by Gasteiger charge is 2.09. The fourth-order valence-electron chi connectivity index (χ4n) is 2.25. The van der Waals surface area contributed by atoms with Crippen molar-refractivity contribution in [1.29, 1.82) is 0 Å². The maximum absolute atomic E-state index is 5.34. The van der Waals surface area contributed by atoms with E-state index in [1.165, 1.54) is 16.8 Å². The maximum Gasteiger partial charge on any atom is 0.156 e. The molecule has 0 saturated heterocycles. The van der Waals surface area contributed by atoms with Gasteiger partial charge in [0, 0.05) is 25.3 Å². The van der Waals surface area contributed by atoms with Gasteiger partial charge in [-0.1, -0.05) is 22.9 Å². The van der Waals surface area contributed by atoms with Crippen LogP contribution in [0.15, 0.2) is 28.8 Å². The van der Waals surface area contributed by atoms with Gasteiger partial charge in [0.15, 0.2) is 5.76 Å². The molecule has 19 heavy (non-hydrogen) atoms. The molecule has 0 saturated carbocycles. The highest BCUT2D eigenvalue weighted by atomic mass is 16.5. The van der Waals surface area contributed by atoms with Crippen LogP contribution in [0.5, 0.6) is 0 Å². The molecule has 0 fully saturated rings. The lowest BCUT2D eigenvalue weighted by Crippen LogP contribution is -2.17. The van der Waals surface area contributed by atoms with E-state index in [4.69, 9.17) is 4.52 Å². The molecule has 4 nitrogen and oxygen atoms in total. The summed E-state index contributed by atoms with van der Waals surface area (Å²) in [7, 11) is 3.97. The molecule has 0 aliphatic heterocycles. The first kappa shape index (κ1) is 13.6. The Morgan fingerprint density at radius 3 is 2.74 bits per heavy atom. The Balaban J connectivity index is 2.09. The van der Waals surface area contributed by atoms with Crippen LogP contribution in [0, 0.1) is 13.8 Å². The molecule has 0 bridgehead atoms. The lowest BCUT2D eigenvalue weighted by molar-refractivity contribution is 0.375. The van der Waals surface area contributed by atoms with Crippen molar-refractivity contribution in [2.45, 2.75) is 26.9 Å². The van der Waals surface area contributed by atoms with Gasteiger partial charge < -0.3 is 14.7 Å². The van der Waals surface area contributed by atoms with Crippen molar-refractivity contribution < 1.29 is 4.52 Å². The molecule has 4 heteroatoms. The molecule has 0 aliphatic rings. The van der Waals surface area contributed by atoms with Gasteiger partial charge >= 0.3 is 0 Å². The number of nitrogens with zero attached hydrogens (tertiary/aromatic N) is 2. The molecular formula is C15H21N3O. The van der Waals surface area contributed by atoms with E-state index in [0.29, 0.717) is 0 Å². The first-order chi connectivity index (χ1) is 9.10. The van der Waals surface area contributed by atoms with Crippen molar-refractivity contribution in [2.75, 3.05) is 19.0 Å². The van der Waals surface area contributed by atoms with Crippen LogP contribution in [-0.4, -0.2) is 19.3 Å². The molecule has 0 unspecified atom stereocenters. The van der Waals surface area contributed by atoms with Crippen LogP contribution in [0.3, 0.4) is 0 Å². The third-order valence-electron chi connectivity index (χ3n) is 3.12. The van der Waals surface area contributed by atoms with E-state index >= 15 is 0 Å². The average Bonchev–Trinajstić information content (AvgIpc) is 2.76. The van der Waals surface area contributed by atoms with E-state index in [1.807, 2.05) is 13.1 Å². The Morgan fingerprint density at radius 2 is 2.05 bits per heavy atom. The van der Waals surface area contributed by atoms with Crippen molar-refractivity contribution in [3.63, 3.8) is 0 Å². The zero-order valence-corrected chi connectivity index (χ0v) is 12.0. The Bertz CT molecular complexity index is 548. The topological polar surface area (TPSA) is 41.3 Å². The van der Waals surface area contributed by atoms with E-state index in [2.05, 4.69) is 54.5 Å². The van der Waals surface area contributed by atoms with E-state index in [0.717, 1.165) is 24.5 Å². The summed E-state index contributed by atoms with van der Waals surface area (Å²) in [4.78, 5) is 2.18. The summed E-state index contributed by atoms with van der Waals surface area (Å²) in [5, 5.41) is 7.09. The molecule has 1 aromatic carbocycles. The summed E-state index contributed by atoms with van der Waals surface area (Å²) in [6.45, 7) is 5.69. The molecule has 0 atom stereocenters. The van der Waals surface area contributed by atoms with Crippen LogP contribution in [-0.2, 0) is 13.1 Å². The number of aromatic nitrogens is 1. The first-order valence-corrected chi connectivity index (χ1v) is 6.47. The summed E-state index contributed by atoms with van der Waals surface area (Å²) >= 11 is 0. The predicted molar refractivity (Wildman–Crippen MR) is 77.3 cm³/mol. The number of hydrogen-bond donors (Lipinski definition) is 1. The number of hydrogen-bond acceptors (Lipinski definition) is 4. The minimum Gasteiger partial charge on any atom is -0.367 e. The molecular weight excluding hydrogens is 238 g/mol. The van der Waals surface area contributed by atoms with E-state index in [9.17, 15) is 0 Å². The van der Waals surface area contributed by atoms with Crippen molar-refractivity contribution in [1.82, 2.24) is 10.5 Å². The highest BCUT2D eigenvalue weighted by Crippen LogP contribution is 2.21. The van der Waals surface area contributed by atoms with Crippen LogP contribution in [0.4, 0.5) is 5.69 Å². The van der Waals surface area contributed by atoms with Crippen molar-refractivity contribution >= 4 is 5.69 Å². The largest absolute Gasteiger partial charge is 0.367 e. The van der Waals surface area contributed by atoms with Gasteiger partial charge in [-0.2, -0.15) is 0 Å². The molecule has 0 aliphatic carbocycles. The molecule has 1 N–H and O–H groups in total. The Morgan fingerprint density at radius 1 is 1.26 bits per heavy atom. The molecule has 0 radical (unpaired) electrons. The average molecular weight is 259 g/mol. The van der Waals surface area contributed by atoms with Gasteiger partial charge in [-0.25, -0.2) is 0 Å². The Kier molecular flexibility index (Phi) is 4.22. The van der Waals surface area contributed by atoms with E-state index in [-0.39, 0.29) is 0 Å². The smallest absolute Gasteiger partial charge is 0.156 e. The van der Waals surface area contributed by atoms with Gasteiger partial charge in [0.1, 0.15) is 0 Å². The fourth-order valence-corrected chi connectivity index (χ4v) is 2.25. The van der Waals surface area contributed by atoms with Gasteiger partial charge in [-0.15, -0.1) is 0 Å². The standard InChI is InChI=1S/C15H21N3O/c1-11-5-6-15(12(2)7-11)18(4)10-14-8-13(9-16-3)17-19-14/h5-8,16H,9-10H2,1-4H3. The summed E-state index contributed by atoms with van der Waals surface area (Å²) in [5.74, 6) is 0.882. The second kappa shape index (κ2) is 5.89. The first-order valence-electron chi connectivity index (χ1n) is 6.47. The van der Waals surface area contributed by atoms with Gasteiger partial charge in [0.25, 0.3) is 0 Å². The van der Waals surface area contributed by atoms with Gasteiger partial charge in [-0.3, -0.25) is 0 Å². The zero-order valence-electron chi connectivity index (χ0n) is 12.0. The van der Waals surface area contributed by atoms with Gasteiger partial charge in [0.2, 0.25) is 0 Å². The van der Waals surface area contributed by atoms with Crippen LogP contribution in [0.25, 0.3) is 0 Å². The third-order valence-corrected chi connectivity index (χ3v) is 3.12. The van der Waals surface area contributed by atoms with Crippen molar-refractivity contribution in [3.05, 3.63) is 46.8 Å². The van der Waals surface area contributed by atoms with E-state index in [1.54, 1.807) is 0 Å². The van der Waals surface area contributed by atoms with Gasteiger partial charge in [-0.05, 0) is 32.5 Å². The Hall–Kier alpha value is -1.81. The van der Waals surface area contributed by atoms with Crippen LogP contribution in [0.1, 0.15) is 22.6 Å². The summed E-state index contributed by atoms with van der Waals surface area (Å²) < 4.78 is 5.34. The Labute approximate surface area is 114 Å². The second-order valence-corrected chi connectivity index (χ2v) is 4.96. The number of anilines is 1. The van der Waals surface area contributed by atoms with Crippen LogP contribution in [0.2, 0.25) is 0 Å². The molecule has 102 valence electrons. The SMILES string of the molecule is CNCc1cc(CN(C)c2ccc(C)cc2C)on1. The van der Waals surface area contributed by atoms with Crippen molar-refractivity contribution in [3.8, 4) is 0 Å². The van der Waals surface area contributed by atoms with Gasteiger partial charge in [0.05, 0.1) is 12.2 Å². The molecule has 0 amide bonds. The maximum atomic E-state index is 5.34. The quantitative estimate of drug-likeness (QED) is 0.896. The van der Waals surface area contributed by atoms with Crippen LogP contribution < -0.4 is 10.2 Å². The van der Waals surface area contributed by atoms with Crippen LogP contribution >= 0.6 is 0 Å². The lowest BCUT2D eigenvalue weighted by Gasteiger charge is -2.20. The number of nitrogens with one attached hydrogen (secondary N) is 1. The fraction of sp³-hybridized carbons (Fsp3) is 0.400. The second-order valence-electron chi connectivity index (χ2n) is 4.96. The molecule has 2 aromatic rings. The molecule has 0 spiro atoms.